The Labute approximate surface area is 171 Å². The summed E-state index contributed by atoms with van der Waals surface area (Å²) < 4.78 is 5.43. The standard InChI is InChI=1S/C18H26N4OS.HI/c1-5-19-18(22-12-16-11-21-14(3)24-16)20-9-8-15-10-13(2)6-7-17(15)23-4;/h6-7,10-11H,5,8-9,12H2,1-4H3,(H2,19,20,22);1H. The highest BCUT2D eigenvalue weighted by molar-refractivity contribution is 14.0. The first-order valence-corrected chi connectivity index (χ1v) is 9.01. The quantitative estimate of drug-likeness (QED) is 0.365. The van der Waals surface area contributed by atoms with E-state index in [9.17, 15) is 0 Å². The fraction of sp³-hybridized carbons (Fsp3) is 0.444. The van der Waals surface area contributed by atoms with Gasteiger partial charge in [0, 0.05) is 24.2 Å². The van der Waals surface area contributed by atoms with E-state index in [1.165, 1.54) is 16.0 Å². The van der Waals surface area contributed by atoms with Gasteiger partial charge in [-0.05, 0) is 38.8 Å². The molecule has 1 aromatic carbocycles. The first kappa shape index (κ1) is 21.7. The molecule has 7 heteroatoms. The minimum atomic E-state index is 0. The van der Waals surface area contributed by atoms with Gasteiger partial charge in [-0.1, -0.05) is 17.7 Å². The molecule has 2 aromatic rings. The number of guanidine groups is 1. The van der Waals surface area contributed by atoms with Gasteiger partial charge in [0.25, 0.3) is 0 Å². The lowest BCUT2D eigenvalue weighted by Gasteiger charge is -2.13. The molecular weight excluding hydrogens is 447 g/mol. The average Bonchev–Trinajstić information content (AvgIpc) is 2.98. The minimum Gasteiger partial charge on any atom is -0.496 e. The van der Waals surface area contributed by atoms with Crippen LogP contribution in [0.3, 0.4) is 0 Å². The SMILES string of the molecule is CCNC(=NCc1cnc(C)s1)NCCc1cc(C)ccc1OC.I. The Morgan fingerprint density at radius 2 is 2.08 bits per heavy atom. The second kappa shape index (κ2) is 11.3. The lowest BCUT2D eigenvalue weighted by molar-refractivity contribution is 0.409. The zero-order valence-corrected chi connectivity index (χ0v) is 18.4. The summed E-state index contributed by atoms with van der Waals surface area (Å²) in [6.07, 6.45) is 2.78. The van der Waals surface area contributed by atoms with Gasteiger partial charge >= 0.3 is 0 Å². The van der Waals surface area contributed by atoms with Crippen molar-refractivity contribution in [2.75, 3.05) is 20.2 Å². The molecule has 0 aliphatic carbocycles. The lowest BCUT2D eigenvalue weighted by Crippen LogP contribution is -2.38. The van der Waals surface area contributed by atoms with Crippen molar-refractivity contribution >= 4 is 41.3 Å². The molecule has 0 aliphatic rings. The van der Waals surface area contributed by atoms with Crippen LogP contribution in [0.15, 0.2) is 29.4 Å². The van der Waals surface area contributed by atoms with Crippen molar-refractivity contribution in [3.63, 3.8) is 0 Å². The van der Waals surface area contributed by atoms with Gasteiger partial charge in [-0.15, -0.1) is 35.3 Å². The molecule has 0 radical (unpaired) electrons. The van der Waals surface area contributed by atoms with Gasteiger partial charge in [0.2, 0.25) is 0 Å². The van der Waals surface area contributed by atoms with Gasteiger partial charge in [-0.25, -0.2) is 9.98 Å². The van der Waals surface area contributed by atoms with Crippen LogP contribution >= 0.6 is 35.3 Å². The molecule has 0 unspecified atom stereocenters. The Hall–Kier alpha value is -1.35. The second-order valence-electron chi connectivity index (χ2n) is 5.53. The summed E-state index contributed by atoms with van der Waals surface area (Å²) in [5.41, 5.74) is 2.45. The number of nitrogens with one attached hydrogen (secondary N) is 2. The molecule has 0 aliphatic heterocycles. The largest absolute Gasteiger partial charge is 0.496 e. The van der Waals surface area contributed by atoms with Gasteiger partial charge in [-0.3, -0.25) is 0 Å². The van der Waals surface area contributed by atoms with Crippen LogP contribution in [0.4, 0.5) is 0 Å². The number of halogens is 1. The maximum Gasteiger partial charge on any atom is 0.191 e. The summed E-state index contributed by atoms with van der Waals surface area (Å²) >= 11 is 1.68. The minimum absolute atomic E-state index is 0. The Bertz CT molecular complexity index is 687. The van der Waals surface area contributed by atoms with Gasteiger partial charge in [0.15, 0.2) is 5.96 Å². The predicted octanol–water partition coefficient (Wildman–Crippen LogP) is 3.68. The molecule has 25 heavy (non-hydrogen) atoms. The van der Waals surface area contributed by atoms with Crippen LogP contribution in [0.25, 0.3) is 0 Å². The smallest absolute Gasteiger partial charge is 0.191 e. The van der Waals surface area contributed by atoms with Crippen molar-refractivity contribution in [1.29, 1.82) is 0 Å². The molecule has 2 rings (SSSR count). The average molecular weight is 474 g/mol. The van der Waals surface area contributed by atoms with Crippen LogP contribution in [0.5, 0.6) is 5.75 Å². The molecule has 1 aromatic heterocycles. The molecule has 0 atom stereocenters. The van der Waals surface area contributed by atoms with E-state index < -0.39 is 0 Å². The Balaban J connectivity index is 0.00000312. The van der Waals surface area contributed by atoms with Crippen molar-refractivity contribution in [2.45, 2.75) is 33.7 Å². The topological polar surface area (TPSA) is 58.5 Å². The number of hydrogen-bond donors (Lipinski definition) is 2. The van der Waals surface area contributed by atoms with Crippen molar-refractivity contribution in [2.24, 2.45) is 4.99 Å². The van der Waals surface area contributed by atoms with Crippen LogP contribution in [0.2, 0.25) is 0 Å². The van der Waals surface area contributed by atoms with Gasteiger partial charge in [0.1, 0.15) is 5.75 Å². The summed E-state index contributed by atoms with van der Waals surface area (Å²) in [7, 11) is 1.71. The molecule has 0 saturated heterocycles. The number of methoxy groups -OCH3 is 1. The number of aliphatic imine (C=N–C) groups is 1. The first-order valence-electron chi connectivity index (χ1n) is 8.19. The van der Waals surface area contributed by atoms with Crippen LogP contribution < -0.4 is 15.4 Å². The number of aryl methyl sites for hydroxylation is 2. The Morgan fingerprint density at radius 3 is 2.72 bits per heavy atom. The van der Waals surface area contributed by atoms with E-state index in [0.29, 0.717) is 6.54 Å². The fourth-order valence-electron chi connectivity index (χ4n) is 2.40. The Kier molecular flexibility index (Phi) is 9.81. The van der Waals surface area contributed by atoms with E-state index in [4.69, 9.17) is 4.74 Å². The molecule has 0 saturated carbocycles. The van der Waals surface area contributed by atoms with E-state index in [1.807, 2.05) is 19.2 Å². The number of aromatic nitrogens is 1. The van der Waals surface area contributed by atoms with E-state index >= 15 is 0 Å². The van der Waals surface area contributed by atoms with Gasteiger partial charge < -0.3 is 15.4 Å². The maximum absolute atomic E-state index is 5.43. The van der Waals surface area contributed by atoms with Crippen molar-refractivity contribution < 1.29 is 4.74 Å². The van der Waals surface area contributed by atoms with E-state index in [2.05, 4.69) is 46.6 Å². The molecule has 5 nitrogen and oxygen atoms in total. The summed E-state index contributed by atoms with van der Waals surface area (Å²) in [5.74, 6) is 1.76. The number of thiazole rings is 1. The van der Waals surface area contributed by atoms with Crippen LogP contribution in [0.1, 0.15) is 27.9 Å². The number of nitrogens with zero attached hydrogens (tertiary/aromatic N) is 2. The molecule has 0 spiro atoms. The first-order chi connectivity index (χ1) is 11.6. The van der Waals surface area contributed by atoms with Gasteiger partial charge in [0.05, 0.1) is 18.7 Å². The monoisotopic (exact) mass is 474 g/mol. The van der Waals surface area contributed by atoms with E-state index in [1.54, 1.807) is 18.4 Å². The highest BCUT2D eigenvalue weighted by Crippen LogP contribution is 2.19. The van der Waals surface area contributed by atoms with Crippen molar-refractivity contribution in [3.05, 3.63) is 45.4 Å². The Morgan fingerprint density at radius 1 is 1.28 bits per heavy atom. The van der Waals surface area contributed by atoms with E-state index in [0.717, 1.165) is 36.2 Å². The molecule has 138 valence electrons. The molecule has 2 N–H and O–H groups in total. The highest BCUT2D eigenvalue weighted by Gasteiger charge is 2.04. The fourth-order valence-corrected chi connectivity index (χ4v) is 3.11. The van der Waals surface area contributed by atoms with Crippen LogP contribution in [-0.2, 0) is 13.0 Å². The molecule has 0 fully saturated rings. The number of hydrogen-bond acceptors (Lipinski definition) is 4. The molecule has 0 bridgehead atoms. The summed E-state index contributed by atoms with van der Waals surface area (Å²) in [5, 5.41) is 7.74. The highest BCUT2D eigenvalue weighted by atomic mass is 127. The van der Waals surface area contributed by atoms with E-state index in [-0.39, 0.29) is 24.0 Å². The van der Waals surface area contributed by atoms with Crippen LogP contribution in [0, 0.1) is 13.8 Å². The zero-order valence-electron chi connectivity index (χ0n) is 15.3. The number of rotatable bonds is 7. The van der Waals surface area contributed by atoms with Gasteiger partial charge in [-0.2, -0.15) is 0 Å². The van der Waals surface area contributed by atoms with Crippen molar-refractivity contribution in [1.82, 2.24) is 15.6 Å². The number of ether oxygens (including phenoxy) is 1. The van der Waals surface area contributed by atoms with Crippen molar-refractivity contribution in [3.8, 4) is 5.75 Å². The lowest BCUT2D eigenvalue weighted by atomic mass is 10.1. The third-order valence-electron chi connectivity index (χ3n) is 3.53. The predicted molar refractivity (Wildman–Crippen MR) is 117 cm³/mol. The maximum atomic E-state index is 5.43. The molecule has 1 heterocycles. The molecule has 0 amide bonds. The number of benzene rings is 1. The molecular formula is C18H27IN4OS. The summed E-state index contributed by atoms with van der Waals surface area (Å²) in [4.78, 5) is 10.1. The third kappa shape index (κ3) is 7.19. The normalized spacial score (nSPS) is 11.0. The van der Waals surface area contributed by atoms with Crippen LogP contribution in [-0.4, -0.2) is 31.1 Å². The summed E-state index contributed by atoms with van der Waals surface area (Å²) in [6.45, 7) is 8.45. The summed E-state index contributed by atoms with van der Waals surface area (Å²) in [6, 6.07) is 6.26. The third-order valence-corrected chi connectivity index (χ3v) is 4.43. The second-order valence-corrected chi connectivity index (χ2v) is 6.85. The zero-order chi connectivity index (χ0) is 17.4.